The van der Waals surface area contributed by atoms with Crippen LogP contribution in [0.3, 0.4) is 0 Å². The third-order valence-electron chi connectivity index (χ3n) is 2.63. The van der Waals surface area contributed by atoms with Gasteiger partial charge in [0.2, 0.25) is 0 Å². The monoisotopic (exact) mass is 332 g/mol. The summed E-state index contributed by atoms with van der Waals surface area (Å²) in [6, 6.07) is 5.39. The van der Waals surface area contributed by atoms with E-state index in [1.165, 1.54) is 0 Å². The van der Waals surface area contributed by atoms with Crippen LogP contribution in [0.2, 0.25) is 5.02 Å². The summed E-state index contributed by atoms with van der Waals surface area (Å²) in [5.74, 6) is -0.0416. The molecule has 100 valence electrons. The van der Waals surface area contributed by atoms with E-state index in [0.717, 1.165) is 24.0 Å². The van der Waals surface area contributed by atoms with Crippen LogP contribution in [0.1, 0.15) is 16.8 Å². The van der Waals surface area contributed by atoms with Gasteiger partial charge in [-0.15, -0.1) is 0 Å². The van der Waals surface area contributed by atoms with E-state index >= 15 is 0 Å². The third-order valence-corrected chi connectivity index (χ3v) is 3.92. The van der Waals surface area contributed by atoms with Crippen molar-refractivity contribution in [2.24, 2.45) is 0 Å². The summed E-state index contributed by atoms with van der Waals surface area (Å²) < 4.78 is 0.747. The van der Waals surface area contributed by atoms with Crippen LogP contribution >= 0.6 is 27.5 Å². The van der Waals surface area contributed by atoms with E-state index in [4.69, 9.17) is 11.6 Å². The van der Waals surface area contributed by atoms with Gasteiger partial charge in [-0.05, 0) is 55.1 Å². The molecule has 0 N–H and O–H groups in total. The Hall–Kier alpha value is -0.580. The first-order valence-corrected chi connectivity index (χ1v) is 6.94. The Morgan fingerprint density at radius 2 is 1.94 bits per heavy atom. The second-order valence-electron chi connectivity index (χ2n) is 4.48. The number of carbonyl (C=O) groups excluding carboxylic acids is 1. The second kappa shape index (κ2) is 7.12. The van der Waals surface area contributed by atoms with Crippen molar-refractivity contribution >= 4 is 33.4 Å². The van der Waals surface area contributed by atoms with Crippen molar-refractivity contribution in [2.75, 3.05) is 34.2 Å². The number of carbonyl (C=O) groups is 1. The molecule has 0 fully saturated rings. The summed E-state index contributed by atoms with van der Waals surface area (Å²) in [5, 5.41) is 0.474. The smallest absolute Gasteiger partial charge is 0.255 e. The van der Waals surface area contributed by atoms with E-state index in [-0.39, 0.29) is 5.91 Å². The van der Waals surface area contributed by atoms with Gasteiger partial charge in [-0.1, -0.05) is 17.7 Å². The van der Waals surface area contributed by atoms with Gasteiger partial charge >= 0.3 is 0 Å². The Morgan fingerprint density at radius 1 is 1.28 bits per heavy atom. The molecule has 0 bridgehead atoms. The van der Waals surface area contributed by atoms with Crippen LogP contribution in [0.15, 0.2) is 22.7 Å². The largest absolute Gasteiger partial charge is 0.342 e. The van der Waals surface area contributed by atoms with Crippen LogP contribution in [0.25, 0.3) is 0 Å². The molecular formula is C13H18BrClN2O. The fraction of sp³-hybridized carbons (Fsp3) is 0.462. The zero-order valence-corrected chi connectivity index (χ0v) is 13.3. The molecule has 1 amide bonds. The zero-order valence-electron chi connectivity index (χ0n) is 10.9. The minimum absolute atomic E-state index is 0.0416. The van der Waals surface area contributed by atoms with Gasteiger partial charge in [0, 0.05) is 18.1 Å². The van der Waals surface area contributed by atoms with Crippen molar-refractivity contribution in [3.8, 4) is 0 Å². The minimum atomic E-state index is -0.0416. The predicted octanol–water partition coefficient (Wildman–Crippen LogP) is 3.13. The van der Waals surface area contributed by atoms with Gasteiger partial charge in [-0.25, -0.2) is 0 Å². The molecule has 0 aromatic heterocycles. The van der Waals surface area contributed by atoms with Gasteiger partial charge in [0.15, 0.2) is 0 Å². The van der Waals surface area contributed by atoms with E-state index < -0.39 is 0 Å². The molecule has 1 aromatic rings. The van der Waals surface area contributed by atoms with Gasteiger partial charge < -0.3 is 9.80 Å². The highest BCUT2D eigenvalue weighted by atomic mass is 79.9. The van der Waals surface area contributed by atoms with Crippen LogP contribution in [0, 0.1) is 0 Å². The standard InChI is InChI=1S/C13H18BrClN2O/c1-16(2)8-5-9-17(3)13(18)10-6-4-7-11(14)12(10)15/h4,6-7H,5,8-9H2,1-3H3. The first kappa shape index (κ1) is 15.5. The average molecular weight is 334 g/mol. The minimum Gasteiger partial charge on any atom is -0.342 e. The average Bonchev–Trinajstić information content (AvgIpc) is 2.31. The predicted molar refractivity (Wildman–Crippen MR) is 79.3 cm³/mol. The van der Waals surface area contributed by atoms with Gasteiger partial charge in [0.05, 0.1) is 10.6 Å². The summed E-state index contributed by atoms with van der Waals surface area (Å²) in [6.07, 6.45) is 0.945. The first-order valence-electron chi connectivity index (χ1n) is 5.77. The molecule has 0 saturated heterocycles. The molecule has 0 spiro atoms. The lowest BCUT2D eigenvalue weighted by Gasteiger charge is -2.19. The number of benzene rings is 1. The van der Waals surface area contributed by atoms with Crippen LogP contribution in [0.4, 0.5) is 0 Å². The maximum Gasteiger partial charge on any atom is 0.255 e. The van der Waals surface area contributed by atoms with E-state index in [1.807, 2.05) is 26.2 Å². The number of hydrogen-bond donors (Lipinski definition) is 0. The van der Waals surface area contributed by atoms with Crippen molar-refractivity contribution in [2.45, 2.75) is 6.42 Å². The van der Waals surface area contributed by atoms with Crippen molar-refractivity contribution < 1.29 is 4.79 Å². The van der Waals surface area contributed by atoms with Crippen molar-refractivity contribution in [3.05, 3.63) is 33.3 Å². The molecule has 5 heteroatoms. The lowest BCUT2D eigenvalue weighted by atomic mass is 10.2. The molecule has 3 nitrogen and oxygen atoms in total. The lowest BCUT2D eigenvalue weighted by Crippen LogP contribution is -2.30. The van der Waals surface area contributed by atoms with E-state index in [2.05, 4.69) is 20.8 Å². The Bertz CT molecular complexity index is 423. The molecule has 0 radical (unpaired) electrons. The SMILES string of the molecule is CN(C)CCCN(C)C(=O)c1cccc(Br)c1Cl. The Morgan fingerprint density at radius 3 is 2.56 bits per heavy atom. The molecule has 0 unspecified atom stereocenters. The van der Waals surface area contributed by atoms with E-state index in [9.17, 15) is 4.79 Å². The first-order chi connectivity index (χ1) is 8.43. The fourth-order valence-electron chi connectivity index (χ4n) is 1.60. The van der Waals surface area contributed by atoms with Crippen molar-refractivity contribution in [1.82, 2.24) is 9.80 Å². The number of hydrogen-bond acceptors (Lipinski definition) is 2. The molecule has 1 rings (SSSR count). The topological polar surface area (TPSA) is 23.6 Å². The summed E-state index contributed by atoms with van der Waals surface area (Å²) in [5.41, 5.74) is 0.540. The maximum atomic E-state index is 12.2. The lowest BCUT2D eigenvalue weighted by molar-refractivity contribution is 0.0791. The fourth-order valence-corrected chi connectivity index (χ4v) is 2.17. The maximum absolute atomic E-state index is 12.2. The van der Waals surface area contributed by atoms with Crippen LogP contribution in [0.5, 0.6) is 0 Å². The zero-order chi connectivity index (χ0) is 13.7. The van der Waals surface area contributed by atoms with Crippen LogP contribution in [-0.4, -0.2) is 49.9 Å². The number of nitrogens with zero attached hydrogens (tertiary/aromatic N) is 2. The molecule has 0 aliphatic rings. The number of halogens is 2. The van der Waals surface area contributed by atoms with Crippen molar-refractivity contribution in [1.29, 1.82) is 0 Å². The Kier molecular flexibility index (Phi) is 6.12. The number of amides is 1. The van der Waals surface area contributed by atoms with Gasteiger partial charge in [-0.2, -0.15) is 0 Å². The third kappa shape index (κ3) is 4.26. The normalized spacial score (nSPS) is 10.8. The van der Waals surface area contributed by atoms with Crippen molar-refractivity contribution in [3.63, 3.8) is 0 Å². The molecule has 1 aromatic carbocycles. The highest BCUT2D eigenvalue weighted by Gasteiger charge is 2.16. The quantitative estimate of drug-likeness (QED) is 0.826. The summed E-state index contributed by atoms with van der Waals surface area (Å²) in [6.45, 7) is 1.68. The van der Waals surface area contributed by atoms with Gasteiger partial charge in [0.25, 0.3) is 5.91 Å². The highest BCUT2D eigenvalue weighted by molar-refractivity contribution is 9.10. The van der Waals surface area contributed by atoms with Gasteiger partial charge in [0.1, 0.15) is 0 Å². The molecular weight excluding hydrogens is 316 g/mol. The molecule has 0 saturated carbocycles. The highest BCUT2D eigenvalue weighted by Crippen LogP contribution is 2.26. The van der Waals surface area contributed by atoms with E-state index in [0.29, 0.717) is 10.6 Å². The Balaban J connectivity index is 2.66. The van der Waals surface area contributed by atoms with E-state index in [1.54, 1.807) is 18.0 Å². The van der Waals surface area contributed by atoms with Crippen LogP contribution < -0.4 is 0 Å². The molecule has 0 heterocycles. The summed E-state index contributed by atoms with van der Waals surface area (Å²) in [7, 11) is 5.84. The Labute approximate surface area is 122 Å². The number of rotatable bonds is 5. The molecule has 0 aliphatic carbocycles. The molecule has 0 aliphatic heterocycles. The second-order valence-corrected chi connectivity index (χ2v) is 5.72. The van der Waals surface area contributed by atoms with Crippen LogP contribution in [-0.2, 0) is 0 Å². The molecule has 18 heavy (non-hydrogen) atoms. The summed E-state index contributed by atoms with van der Waals surface area (Å²) >= 11 is 9.44. The molecule has 0 atom stereocenters. The summed E-state index contributed by atoms with van der Waals surface area (Å²) in [4.78, 5) is 16.0. The van der Waals surface area contributed by atoms with Gasteiger partial charge in [-0.3, -0.25) is 4.79 Å².